The van der Waals surface area contributed by atoms with Gasteiger partial charge in [0, 0.05) is 21.7 Å². The SMILES string of the molecule is CC(=O)c1cccc(NC(=O)C(=O)[C@@H]([C@@H]2OC(=O)c3ccccc32)[N+](=O)[O-])c1. The van der Waals surface area contributed by atoms with Crippen molar-refractivity contribution in [3.63, 3.8) is 0 Å². The molecular weight excluding hydrogens is 368 g/mol. The van der Waals surface area contributed by atoms with Crippen LogP contribution in [0.5, 0.6) is 0 Å². The van der Waals surface area contributed by atoms with Crippen molar-refractivity contribution < 1.29 is 28.8 Å². The van der Waals surface area contributed by atoms with Gasteiger partial charge in [-0.15, -0.1) is 0 Å². The Labute approximate surface area is 158 Å². The van der Waals surface area contributed by atoms with Gasteiger partial charge in [0.05, 0.1) is 5.56 Å². The van der Waals surface area contributed by atoms with E-state index in [4.69, 9.17) is 4.74 Å². The summed E-state index contributed by atoms with van der Waals surface area (Å²) in [6.45, 7) is 1.33. The molecule has 1 N–H and O–H groups in total. The van der Waals surface area contributed by atoms with Gasteiger partial charge in [0.15, 0.2) is 5.78 Å². The van der Waals surface area contributed by atoms with E-state index < -0.39 is 34.7 Å². The molecule has 0 fully saturated rings. The number of fused-ring (bicyclic) bond motifs is 1. The van der Waals surface area contributed by atoms with Gasteiger partial charge >= 0.3 is 12.0 Å². The van der Waals surface area contributed by atoms with Crippen LogP contribution >= 0.6 is 0 Å². The summed E-state index contributed by atoms with van der Waals surface area (Å²) in [5.41, 5.74) is 0.724. The van der Waals surface area contributed by atoms with Gasteiger partial charge in [0.2, 0.25) is 6.10 Å². The molecule has 1 heterocycles. The third-order valence-electron chi connectivity index (χ3n) is 4.25. The van der Waals surface area contributed by atoms with Crippen molar-refractivity contribution in [1.29, 1.82) is 0 Å². The number of ether oxygens (including phenoxy) is 1. The summed E-state index contributed by atoms with van der Waals surface area (Å²) in [5.74, 6) is -3.66. The van der Waals surface area contributed by atoms with E-state index in [1.54, 1.807) is 12.1 Å². The predicted molar refractivity (Wildman–Crippen MR) is 95.5 cm³/mol. The lowest BCUT2D eigenvalue weighted by Gasteiger charge is -2.15. The summed E-state index contributed by atoms with van der Waals surface area (Å²) >= 11 is 0. The number of cyclic esters (lactones) is 1. The Morgan fingerprint density at radius 2 is 1.86 bits per heavy atom. The summed E-state index contributed by atoms with van der Waals surface area (Å²) in [7, 11) is 0. The number of hydrogen-bond donors (Lipinski definition) is 1. The minimum absolute atomic E-state index is 0.113. The van der Waals surface area contributed by atoms with Crippen molar-refractivity contribution in [1.82, 2.24) is 0 Å². The first-order valence-corrected chi connectivity index (χ1v) is 8.19. The minimum atomic E-state index is -2.09. The Morgan fingerprint density at radius 3 is 2.54 bits per heavy atom. The third-order valence-corrected chi connectivity index (χ3v) is 4.25. The number of rotatable bonds is 6. The number of Topliss-reactive ketones (excluding diaryl/α,β-unsaturated/α-hetero) is 2. The van der Waals surface area contributed by atoms with Gasteiger partial charge in [-0.05, 0) is 25.1 Å². The van der Waals surface area contributed by atoms with Crippen LogP contribution in [0, 0.1) is 10.1 Å². The van der Waals surface area contributed by atoms with Crippen LogP contribution in [0.15, 0.2) is 48.5 Å². The van der Waals surface area contributed by atoms with E-state index in [-0.39, 0.29) is 22.6 Å². The molecule has 1 aliphatic heterocycles. The molecule has 9 nitrogen and oxygen atoms in total. The number of hydrogen-bond acceptors (Lipinski definition) is 7. The topological polar surface area (TPSA) is 133 Å². The number of anilines is 1. The van der Waals surface area contributed by atoms with Crippen molar-refractivity contribution in [2.45, 2.75) is 19.1 Å². The molecule has 2 aromatic carbocycles. The quantitative estimate of drug-likeness (QED) is 0.265. The van der Waals surface area contributed by atoms with Gasteiger partial charge in [-0.25, -0.2) is 4.79 Å². The number of carbonyl (C=O) groups is 4. The van der Waals surface area contributed by atoms with Crippen LogP contribution < -0.4 is 5.32 Å². The fraction of sp³-hybridized carbons (Fsp3) is 0.158. The third kappa shape index (κ3) is 3.50. The average molecular weight is 382 g/mol. The van der Waals surface area contributed by atoms with Crippen LogP contribution in [0.25, 0.3) is 0 Å². The molecule has 0 unspecified atom stereocenters. The summed E-state index contributed by atoms with van der Waals surface area (Å²) in [5, 5.41) is 13.8. The number of amides is 1. The zero-order valence-corrected chi connectivity index (χ0v) is 14.6. The highest BCUT2D eigenvalue weighted by molar-refractivity contribution is 6.42. The highest BCUT2D eigenvalue weighted by atomic mass is 16.6. The molecule has 0 aliphatic carbocycles. The highest BCUT2D eigenvalue weighted by Gasteiger charge is 2.49. The van der Waals surface area contributed by atoms with Gasteiger partial charge in [0.1, 0.15) is 0 Å². The van der Waals surface area contributed by atoms with Crippen LogP contribution in [0.1, 0.15) is 39.3 Å². The molecule has 0 spiro atoms. The molecule has 1 aliphatic rings. The monoisotopic (exact) mass is 382 g/mol. The van der Waals surface area contributed by atoms with Crippen LogP contribution in [0.3, 0.4) is 0 Å². The van der Waals surface area contributed by atoms with Crippen LogP contribution in [-0.2, 0) is 14.3 Å². The maximum absolute atomic E-state index is 12.5. The van der Waals surface area contributed by atoms with Crippen molar-refractivity contribution >= 4 is 29.1 Å². The van der Waals surface area contributed by atoms with E-state index in [1.165, 1.54) is 43.3 Å². The van der Waals surface area contributed by atoms with Crippen molar-refractivity contribution in [2.75, 3.05) is 5.32 Å². The van der Waals surface area contributed by atoms with E-state index in [9.17, 15) is 29.3 Å². The van der Waals surface area contributed by atoms with Gasteiger partial charge in [0.25, 0.3) is 11.7 Å². The van der Waals surface area contributed by atoms with Crippen molar-refractivity contribution in [3.8, 4) is 0 Å². The molecule has 1 amide bonds. The number of nitro groups is 1. The molecule has 0 bridgehead atoms. The Kier molecular flexibility index (Phi) is 4.99. The number of nitrogens with one attached hydrogen (secondary N) is 1. The van der Waals surface area contributed by atoms with E-state index in [1.807, 2.05) is 0 Å². The fourth-order valence-electron chi connectivity index (χ4n) is 2.89. The van der Waals surface area contributed by atoms with E-state index in [0.29, 0.717) is 5.56 Å². The Bertz CT molecular complexity index is 1010. The second kappa shape index (κ2) is 7.39. The predicted octanol–water partition coefficient (Wildman–Crippen LogP) is 1.95. The van der Waals surface area contributed by atoms with E-state index >= 15 is 0 Å². The van der Waals surface area contributed by atoms with Crippen molar-refractivity contribution in [3.05, 3.63) is 75.3 Å². The lowest BCUT2D eigenvalue weighted by Crippen LogP contribution is -2.42. The second-order valence-corrected chi connectivity index (χ2v) is 6.10. The summed E-state index contributed by atoms with van der Waals surface area (Å²) in [6.07, 6.45) is -1.50. The molecule has 9 heteroatoms. The lowest BCUT2D eigenvalue weighted by molar-refractivity contribution is -0.518. The average Bonchev–Trinajstić information content (AvgIpc) is 2.98. The molecular formula is C19H14N2O7. The first-order valence-electron chi connectivity index (χ1n) is 8.19. The van der Waals surface area contributed by atoms with Crippen LogP contribution in [0.4, 0.5) is 5.69 Å². The number of carbonyl (C=O) groups excluding carboxylic acids is 4. The molecule has 28 heavy (non-hydrogen) atoms. The number of nitrogens with zero attached hydrogens (tertiary/aromatic N) is 1. The number of ketones is 2. The van der Waals surface area contributed by atoms with Crippen molar-refractivity contribution in [2.24, 2.45) is 0 Å². The highest BCUT2D eigenvalue weighted by Crippen LogP contribution is 2.34. The zero-order valence-electron chi connectivity index (χ0n) is 14.6. The van der Waals surface area contributed by atoms with Gasteiger partial charge in [-0.2, -0.15) is 0 Å². The first kappa shape index (κ1) is 18.9. The molecule has 0 saturated heterocycles. The van der Waals surface area contributed by atoms with Crippen LogP contribution in [0.2, 0.25) is 0 Å². The molecule has 2 atom stereocenters. The number of esters is 1. The number of benzene rings is 2. The standard InChI is InChI=1S/C19H14N2O7/c1-10(22)11-5-4-6-12(9-11)20-18(24)16(23)15(21(26)27)17-13-7-2-3-8-14(13)19(25)28-17/h2-9,15,17H,1H3,(H,20,24)/t15-,17+/m0/s1. The zero-order chi connectivity index (χ0) is 20.4. The normalized spacial score (nSPS) is 15.9. The van der Waals surface area contributed by atoms with Gasteiger partial charge in [-0.1, -0.05) is 30.3 Å². The maximum atomic E-state index is 12.5. The Morgan fingerprint density at radius 1 is 1.14 bits per heavy atom. The molecule has 3 rings (SSSR count). The molecule has 142 valence electrons. The second-order valence-electron chi connectivity index (χ2n) is 6.10. The van der Waals surface area contributed by atoms with Gasteiger partial charge in [-0.3, -0.25) is 24.5 Å². The van der Waals surface area contributed by atoms with E-state index in [2.05, 4.69) is 5.32 Å². The van der Waals surface area contributed by atoms with Gasteiger partial charge < -0.3 is 10.1 Å². The minimum Gasteiger partial charge on any atom is -0.446 e. The molecule has 0 saturated carbocycles. The van der Waals surface area contributed by atoms with E-state index in [0.717, 1.165) is 0 Å². The maximum Gasteiger partial charge on any atom is 0.339 e. The summed E-state index contributed by atoms with van der Waals surface area (Å²) < 4.78 is 5.00. The van der Waals surface area contributed by atoms with Crippen LogP contribution in [-0.4, -0.2) is 34.4 Å². The molecule has 0 aromatic heterocycles. The Balaban J connectivity index is 1.85. The summed E-state index contributed by atoms with van der Waals surface area (Å²) in [6, 6.07) is 9.66. The first-order chi connectivity index (χ1) is 13.3. The lowest BCUT2D eigenvalue weighted by atomic mass is 9.97. The largest absolute Gasteiger partial charge is 0.446 e. The summed E-state index contributed by atoms with van der Waals surface area (Å²) in [4.78, 5) is 58.7. The molecule has 2 aromatic rings. The molecule has 0 radical (unpaired) electrons. The smallest absolute Gasteiger partial charge is 0.339 e. The Hall–Kier alpha value is -3.88. The fourth-order valence-corrected chi connectivity index (χ4v) is 2.89.